The summed E-state index contributed by atoms with van der Waals surface area (Å²) in [5, 5.41) is 2.92. The van der Waals surface area contributed by atoms with Crippen molar-refractivity contribution in [2.75, 3.05) is 43.1 Å². The molecule has 2 aromatic carbocycles. The number of amides is 1. The normalized spacial score (nSPS) is 14.5. The zero-order valence-electron chi connectivity index (χ0n) is 15.4. The van der Waals surface area contributed by atoms with Gasteiger partial charge < -0.3 is 15.0 Å². The number of ether oxygens (including phenoxy) is 1. The Morgan fingerprint density at radius 3 is 2.46 bits per heavy atom. The summed E-state index contributed by atoms with van der Waals surface area (Å²) in [5.74, 6) is -0.302. The smallest absolute Gasteiger partial charge is 0.255 e. The van der Waals surface area contributed by atoms with Crippen molar-refractivity contribution >= 4 is 27.3 Å². The maximum atomic E-state index is 12.6. The van der Waals surface area contributed by atoms with E-state index in [4.69, 9.17) is 4.74 Å². The first-order valence-electron chi connectivity index (χ1n) is 8.95. The number of hydrogen-bond acceptors (Lipinski definition) is 5. The molecule has 0 spiro atoms. The van der Waals surface area contributed by atoms with Crippen molar-refractivity contribution < 1.29 is 17.9 Å². The SMILES string of the molecule is C=CCNS(=O)(=O)c1ccc(C(=O)Nc2ccccc2N2CCOCC2)cc1. The predicted octanol–water partition coefficient (Wildman–Crippen LogP) is 2.24. The molecule has 1 amide bonds. The minimum absolute atomic E-state index is 0.0969. The van der Waals surface area contributed by atoms with E-state index in [1.165, 1.54) is 30.3 Å². The molecule has 0 bridgehead atoms. The van der Waals surface area contributed by atoms with Gasteiger partial charge in [0.25, 0.3) is 5.91 Å². The molecular weight excluding hydrogens is 378 g/mol. The molecule has 3 rings (SSSR count). The molecule has 1 saturated heterocycles. The van der Waals surface area contributed by atoms with Crippen molar-refractivity contribution in [3.8, 4) is 0 Å². The quantitative estimate of drug-likeness (QED) is 0.695. The lowest BCUT2D eigenvalue weighted by Crippen LogP contribution is -2.36. The van der Waals surface area contributed by atoms with E-state index >= 15 is 0 Å². The summed E-state index contributed by atoms with van der Waals surface area (Å²) in [7, 11) is -3.62. The van der Waals surface area contributed by atoms with E-state index in [-0.39, 0.29) is 17.3 Å². The molecular formula is C20H23N3O4S. The number of anilines is 2. The van der Waals surface area contributed by atoms with Crippen molar-refractivity contribution in [3.63, 3.8) is 0 Å². The molecule has 1 aliphatic heterocycles. The van der Waals surface area contributed by atoms with Crippen LogP contribution < -0.4 is 14.9 Å². The number of para-hydroxylation sites is 2. The van der Waals surface area contributed by atoms with Gasteiger partial charge in [-0.3, -0.25) is 4.79 Å². The second-order valence-electron chi connectivity index (χ2n) is 6.24. The molecule has 1 fully saturated rings. The first-order valence-corrected chi connectivity index (χ1v) is 10.4. The van der Waals surface area contributed by atoms with Crippen molar-refractivity contribution in [1.29, 1.82) is 0 Å². The molecule has 0 aromatic heterocycles. The van der Waals surface area contributed by atoms with Gasteiger partial charge in [-0.25, -0.2) is 13.1 Å². The molecule has 0 aliphatic carbocycles. The summed E-state index contributed by atoms with van der Waals surface area (Å²) in [6.45, 7) is 6.45. The number of nitrogens with one attached hydrogen (secondary N) is 2. The van der Waals surface area contributed by atoms with Crippen molar-refractivity contribution in [2.45, 2.75) is 4.90 Å². The zero-order valence-corrected chi connectivity index (χ0v) is 16.2. The lowest BCUT2D eigenvalue weighted by molar-refractivity contribution is 0.102. The molecule has 1 heterocycles. The van der Waals surface area contributed by atoms with Crippen molar-refractivity contribution in [3.05, 3.63) is 66.7 Å². The summed E-state index contributed by atoms with van der Waals surface area (Å²) < 4.78 is 32.0. The molecule has 28 heavy (non-hydrogen) atoms. The zero-order chi connectivity index (χ0) is 20.0. The number of sulfonamides is 1. The van der Waals surface area contributed by atoms with Gasteiger partial charge in [-0.15, -0.1) is 6.58 Å². The van der Waals surface area contributed by atoms with E-state index in [1.54, 1.807) is 0 Å². The molecule has 1 aliphatic rings. The highest BCUT2D eigenvalue weighted by molar-refractivity contribution is 7.89. The van der Waals surface area contributed by atoms with Gasteiger partial charge in [-0.1, -0.05) is 18.2 Å². The van der Waals surface area contributed by atoms with E-state index in [9.17, 15) is 13.2 Å². The van der Waals surface area contributed by atoms with Crippen molar-refractivity contribution in [1.82, 2.24) is 4.72 Å². The van der Waals surface area contributed by atoms with E-state index < -0.39 is 10.0 Å². The van der Waals surface area contributed by atoms with Gasteiger partial charge in [0.05, 0.1) is 29.5 Å². The standard InChI is InChI=1S/C20H23N3O4S/c1-2-11-21-28(25,26)17-9-7-16(8-10-17)20(24)22-18-5-3-4-6-19(18)23-12-14-27-15-13-23/h2-10,21H,1,11-15H2,(H,22,24). The lowest BCUT2D eigenvalue weighted by atomic mass is 10.2. The minimum Gasteiger partial charge on any atom is -0.378 e. The summed E-state index contributed by atoms with van der Waals surface area (Å²) in [5.41, 5.74) is 2.02. The third-order valence-corrected chi connectivity index (χ3v) is 5.79. The predicted molar refractivity (Wildman–Crippen MR) is 109 cm³/mol. The number of carbonyl (C=O) groups is 1. The fourth-order valence-corrected chi connectivity index (χ4v) is 3.89. The van der Waals surface area contributed by atoms with Crippen LogP contribution in [0, 0.1) is 0 Å². The Kier molecular flexibility index (Phi) is 6.45. The van der Waals surface area contributed by atoms with Crippen molar-refractivity contribution in [2.24, 2.45) is 0 Å². The third-order valence-electron chi connectivity index (χ3n) is 4.35. The van der Waals surface area contributed by atoms with Gasteiger partial charge in [-0.2, -0.15) is 0 Å². The van der Waals surface area contributed by atoms with Crippen LogP contribution in [-0.4, -0.2) is 47.2 Å². The van der Waals surface area contributed by atoms with Crippen LogP contribution in [0.1, 0.15) is 10.4 Å². The fourth-order valence-electron chi connectivity index (χ4n) is 2.89. The molecule has 8 heteroatoms. The highest BCUT2D eigenvalue weighted by atomic mass is 32.2. The van der Waals surface area contributed by atoms with Crippen LogP contribution >= 0.6 is 0 Å². The van der Waals surface area contributed by atoms with Crippen LogP contribution in [0.3, 0.4) is 0 Å². The number of rotatable bonds is 7. The second-order valence-corrected chi connectivity index (χ2v) is 8.00. The molecule has 0 atom stereocenters. The summed E-state index contributed by atoms with van der Waals surface area (Å²) >= 11 is 0. The van der Waals surface area contributed by atoms with E-state index in [1.807, 2.05) is 24.3 Å². The van der Waals surface area contributed by atoms with Crippen LogP contribution in [0.2, 0.25) is 0 Å². The number of morpholine rings is 1. The van der Waals surface area contributed by atoms with E-state index in [0.717, 1.165) is 18.8 Å². The van der Waals surface area contributed by atoms with Gasteiger partial charge in [-0.05, 0) is 36.4 Å². The minimum atomic E-state index is -3.62. The Bertz CT molecular complexity index is 936. The van der Waals surface area contributed by atoms with Crippen LogP contribution in [0.15, 0.2) is 66.1 Å². The average Bonchev–Trinajstić information content (AvgIpc) is 2.73. The average molecular weight is 401 g/mol. The van der Waals surface area contributed by atoms with Crippen LogP contribution in [0.4, 0.5) is 11.4 Å². The number of carbonyl (C=O) groups excluding carboxylic acids is 1. The molecule has 0 unspecified atom stereocenters. The Morgan fingerprint density at radius 2 is 1.79 bits per heavy atom. The first-order chi connectivity index (χ1) is 13.5. The first kappa shape index (κ1) is 20.1. The summed E-state index contributed by atoms with van der Waals surface area (Å²) in [4.78, 5) is 14.9. The summed E-state index contributed by atoms with van der Waals surface area (Å²) in [6, 6.07) is 13.4. The van der Waals surface area contributed by atoms with Gasteiger partial charge >= 0.3 is 0 Å². The van der Waals surface area contributed by atoms with Crippen LogP contribution in [0.25, 0.3) is 0 Å². The fraction of sp³-hybridized carbons (Fsp3) is 0.250. The Hall–Kier alpha value is -2.68. The van der Waals surface area contributed by atoms with E-state index in [2.05, 4.69) is 21.5 Å². The Labute approximate surface area is 165 Å². The Morgan fingerprint density at radius 1 is 1.11 bits per heavy atom. The molecule has 0 radical (unpaired) electrons. The van der Waals surface area contributed by atoms with Gasteiger partial charge in [0.1, 0.15) is 0 Å². The third kappa shape index (κ3) is 4.78. The molecule has 2 N–H and O–H groups in total. The highest BCUT2D eigenvalue weighted by Gasteiger charge is 2.17. The van der Waals surface area contributed by atoms with Crippen LogP contribution in [-0.2, 0) is 14.8 Å². The van der Waals surface area contributed by atoms with Crippen LogP contribution in [0.5, 0.6) is 0 Å². The maximum Gasteiger partial charge on any atom is 0.255 e. The molecule has 2 aromatic rings. The lowest BCUT2D eigenvalue weighted by Gasteiger charge is -2.30. The molecule has 0 saturated carbocycles. The molecule has 148 valence electrons. The number of hydrogen-bond donors (Lipinski definition) is 2. The summed E-state index contributed by atoms with van der Waals surface area (Å²) in [6.07, 6.45) is 1.46. The highest BCUT2D eigenvalue weighted by Crippen LogP contribution is 2.27. The van der Waals surface area contributed by atoms with E-state index in [0.29, 0.717) is 24.5 Å². The maximum absolute atomic E-state index is 12.6. The van der Waals surface area contributed by atoms with Gasteiger partial charge in [0.2, 0.25) is 10.0 Å². The number of nitrogens with zero attached hydrogens (tertiary/aromatic N) is 1. The topological polar surface area (TPSA) is 87.7 Å². The van der Waals surface area contributed by atoms with Gasteiger partial charge in [0.15, 0.2) is 0 Å². The number of benzene rings is 2. The second kappa shape index (κ2) is 9.01. The molecule has 7 nitrogen and oxygen atoms in total. The monoisotopic (exact) mass is 401 g/mol. The largest absolute Gasteiger partial charge is 0.378 e. The Balaban J connectivity index is 1.74. The van der Waals surface area contributed by atoms with Gasteiger partial charge in [0, 0.05) is 25.2 Å².